The maximum Gasteiger partial charge on any atom is 0.147 e. The highest BCUT2D eigenvalue weighted by atomic mass is 16.1. The van der Waals surface area contributed by atoms with Crippen molar-refractivity contribution in [1.82, 2.24) is 0 Å². The molecule has 0 N–H and O–H groups in total. The zero-order valence-electron chi connectivity index (χ0n) is 5.55. The van der Waals surface area contributed by atoms with Gasteiger partial charge in [-0.05, 0) is 13.8 Å². The van der Waals surface area contributed by atoms with Gasteiger partial charge in [-0.3, -0.25) is 0 Å². The molecule has 45 valence electrons. The molecule has 0 aromatic heterocycles. The Hall–Kier alpha value is -0.530. The van der Waals surface area contributed by atoms with Crippen LogP contribution in [-0.4, -0.2) is 26.9 Å². The van der Waals surface area contributed by atoms with Crippen molar-refractivity contribution in [3.05, 3.63) is 0 Å². The Labute approximate surface area is 56.6 Å². The molecule has 0 fully saturated rings. The highest BCUT2D eigenvalue weighted by Crippen LogP contribution is 2.10. The summed E-state index contributed by atoms with van der Waals surface area (Å²) in [7, 11) is 5.81. The monoisotopic (exact) mass is 121 g/mol. The van der Waals surface area contributed by atoms with Crippen molar-refractivity contribution in [3.63, 3.8) is 0 Å². The SMILES string of the molecule is [B][B]C(=O)C(C)(C)C=O. The van der Waals surface area contributed by atoms with Crippen molar-refractivity contribution in [2.75, 3.05) is 0 Å². The molecule has 0 heterocycles. The maximum atomic E-state index is 10.7. The van der Waals surface area contributed by atoms with Crippen molar-refractivity contribution in [3.8, 4) is 0 Å². The average Bonchev–Trinajstić information content (AvgIpc) is 1.86. The van der Waals surface area contributed by atoms with Gasteiger partial charge in [-0.2, -0.15) is 0 Å². The minimum Gasteiger partial charge on any atom is -0.312 e. The van der Waals surface area contributed by atoms with Gasteiger partial charge in [-0.25, -0.2) is 0 Å². The summed E-state index contributed by atoms with van der Waals surface area (Å²) in [6.07, 6.45) is 0.582. The summed E-state index contributed by atoms with van der Waals surface area (Å²) in [5, 5.41) is 0. The third kappa shape index (κ3) is 2.04. The third-order valence-corrected chi connectivity index (χ3v) is 1.08. The number of rotatable bonds is 3. The molecule has 0 aromatic carbocycles. The quantitative estimate of drug-likeness (QED) is 0.287. The normalized spacial score (nSPS) is 10.4. The van der Waals surface area contributed by atoms with Crippen LogP contribution in [0.5, 0.6) is 0 Å². The molecule has 0 aromatic rings. The summed E-state index contributed by atoms with van der Waals surface area (Å²) >= 11 is 0. The molecular formula is C5H7B2O2. The fraction of sp³-hybridized carbons (Fsp3) is 0.600. The molecule has 0 atom stereocenters. The van der Waals surface area contributed by atoms with Gasteiger partial charge in [0, 0.05) is 7.74 Å². The lowest BCUT2D eigenvalue weighted by Crippen LogP contribution is -2.30. The molecular weight excluding hydrogens is 114 g/mol. The maximum absolute atomic E-state index is 10.7. The average molecular weight is 121 g/mol. The minimum atomic E-state index is -0.950. The molecule has 0 unspecified atom stereocenters. The second-order valence-corrected chi connectivity index (χ2v) is 2.37. The van der Waals surface area contributed by atoms with Gasteiger partial charge in [0.2, 0.25) is 0 Å². The van der Waals surface area contributed by atoms with Crippen molar-refractivity contribution in [2.24, 2.45) is 5.41 Å². The second kappa shape index (κ2) is 2.85. The summed E-state index contributed by atoms with van der Waals surface area (Å²) in [5.74, 6) is 0. The Morgan fingerprint density at radius 1 is 1.67 bits per heavy atom. The van der Waals surface area contributed by atoms with Gasteiger partial charge in [-0.1, -0.05) is 0 Å². The fourth-order valence-corrected chi connectivity index (χ4v) is 0.273. The number of carbonyl (C=O) groups is 2. The Balaban J connectivity index is 4.14. The van der Waals surface area contributed by atoms with Crippen LogP contribution in [0.3, 0.4) is 0 Å². The van der Waals surface area contributed by atoms with Gasteiger partial charge in [0.15, 0.2) is 0 Å². The Bertz CT molecular complexity index is 131. The number of aldehydes is 1. The lowest BCUT2D eigenvalue weighted by atomic mass is 9.48. The topological polar surface area (TPSA) is 34.1 Å². The van der Waals surface area contributed by atoms with Crippen molar-refractivity contribution in [2.45, 2.75) is 13.8 Å². The summed E-state index contributed by atoms with van der Waals surface area (Å²) < 4.78 is 0. The highest BCUT2D eigenvalue weighted by Gasteiger charge is 2.23. The van der Waals surface area contributed by atoms with Crippen LogP contribution in [-0.2, 0) is 9.59 Å². The first-order valence-electron chi connectivity index (χ1n) is 2.60. The van der Waals surface area contributed by atoms with Crippen LogP contribution < -0.4 is 0 Å². The molecule has 0 spiro atoms. The van der Waals surface area contributed by atoms with E-state index in [0.29, 0.717) is 6.29 Å². The molecule has 0 saturated carbocycles. The molecule has 9 heavy (non-hydrogen) atoms. The largest absolute Gasteiger partial charge is 0.312 e. The van der Waals surface area contributed by atoms with Crippen LogP contribution in [0.2, 0.25) is 0 Å². The van der Waals surface area contributed by atoms with E-state index in [0.717, 1.165) is 7.17 Å². The molecule has 0 saturated heterocycles. The van der Waals surface area contributed by atoms with E-state index >= 15 is 0 Å². The molecule has 4 heteroatoms. The van der Waals surface area contributed by atoms with Crippen LogP contribution in [0, 0.1) is 5.41 Å². The van der Waals surface area contributed by atoms with Crippen LogP contribution in [0.15, 0.2) is 0 Å². The first-order valence-corrected chi connectivity index (χ1v) is 2.60. The predicted octanol–water partition coefficient (Wildman–Crippen LogP) is -0.474. The zero-order valence-corrected chi connectivity index (χ0v) is 5.55. The number of hydrogen-bond donors (Lipinski definition) is 0. The summed E-state index contributed by atoms with van der Waals surface area (Å²) in [4.78, 5) is 20.8. The van der Waals surface area contributed by atoms with Gasteiger partial charge < -0.3 is 9.59 Å². The second-order valence-electron chi connectivity index (χ2n) is 2.37. The number of carbonyl (C=O) groups excluding carboxylic acids is 2. The molecule has 0 aliphatic heterocycles. The molecule has 0 bridgehead atoms. The van der Waals surface area contributed by atoms with E-state index in [4.69, 9.17) is 7.74 Å². The molecule has 0 aliphatic carbocycles. The highest BCUT2D eigenvalue weighted by molar-refractivity contribution is 7.08. The first kappa shape index (κ1) is 8.47. The van der Waals surface area contributed by atoms with Crippen LogP contribution in [0.4, 0.5) is 0 Å². The van der Waals surface area contributed by atoms with Gasteiger partial charge in [0.1, 0.15) is 13.5 Å². The van der Waals surface area contributed by atoms with E-state index in [1.54, 1.807) is 0 Å². The van der Waals surface area contributed by atoms with Gasteiger partial charge in [0.05, 0.1) is 11.1 Å². The summed E-state index contributed by atoms with van der Waals surface area (Å²) in [5.41, 5.74) is -1.30. The van der Waals surface area contributed by atoms with Crippen molar-refractivity contribution >= 4 is 26.9 Å². The zero-order chi connectivity index (χ0) is 7.49. The standard InChI is InChI=1S/C5H7B2O2/c1-5(2,3-8)4(9)7-6/h3H,1-2H3. The Kier molecular flexibility index (Phi) is 2.68. The van der Waals surface area contributed by atoms with Gasteiger partial charge in [0.25, 0.3) is 0 Å². The van der Waals surface area contributed by atoms with Crippen LogP contribution >= 0.6 is 0 Å². The van der Waals surface area contributed by atoms with Gasteiger partial charge in [-0.15, -0.1) is 0 Å². The number of hydrogen-bond acceptors (Lipinski definition) is 2. The fourth-order valence-electron chi connectivity index (χ4n) is 0.273. The molecule has 2 nitrogen and oxygen atoms in total. The van der Waals surface area contributed by atoms with E-state index in [1.807, 2.05) is 0 Å². The smallest absolute Gasteiger partial charge is 0.147 e. The van der Waals surface area contributed by atoms with Gasteiger partial charge >= 0.3 is 0 Å². The van der Waals surface area contributed by atoms with Crippen molar-refractivity contribution < 1.29 is 9.59 Å². The third-order valence-electron chi connectivity index (χ3n) is 1.08. The Morgan fingerprint density at radius 2 is 2.11 bits per heavy atom. The molecule has 0 rings (SSSR count). The van der Waals surface area contributed by atoms with Crippen LogP contribution in [0.1, 0.15) is 13.8 Å². The lowest BCUT2D eigenvalue weighted by molar-refractivity contribution is -0.126. The van der Waals surface area contributed by atoms with E-state index in [1.165, 1.54) is 13.8 Å². The predicted molar refractivity (Wildman–Crippen MR) is 36.4 cm³/mol. The minimum absolute atomic E-state index is 0.350. The lowest BCUT2D eigenvalue weighted by Gasteiger charge is -2.12. The summed E-state index contributed by atoms with van der Waals surface area (Å²) in [6.45, 7) is 3.04. The molecule has 0 amide bonds. The van der Waals surface area contributed by atoms with E-state index in [9.17, 15) is 9.59 Å². The molecule has 3 radical (unpaired) electrons. The molecule has 0 aliphatic rings. The Morgan fingerprint density at radius 3 is 2.22 bits per heavy atom. The van der Waals surface area contributed by atoms with E-state index in [2.05, 4.69) is 0 Å². The van der Waals surface area contributed by atoms with Crippen molar-refractivity contribution in [1.29, 1.82) is 0 Å². The van der Waals surface area contributed by atoms with Crippen LogP contribution in [0.25, 0.3) is 0 Å². The van der Waals surface area contributed by atoms with E-state index in [-0.39, 0.29) is 5.68 Å². The van der Waals surface area contributed by atoms with E-state index < -0.39 is 5.41 Å². The first-order chi connectivity index (χ1) is 4.04. The summed E-state index contributed by atoms with van der Waals surface area (Å²) in [6, 6.07) is 0.